The summed E-state index contributed by atoms with van der Waals surface area (Å²) in [6, 6.07) is 12.4. The maximum absolute atomic E-state index is 12.7. The number of hydrogen-bond acceptors (Lipinski definition) is 3. The maximum atomic E-state index is 12.7. The van der Waals surface area contributed by atoms with Gasteiger partial charge >= 0.3 is 0 Å². The van der Waals surface area contributed by atoms with Crippen LogP contribution in [-0.4, -0.2) is 16.6 Å². The second-order valence-corrected chi connectivity index (χ2v) is 7.08. The smallest absolute Gasteiger partial charge is 0.258 e. The minimum atomic E-state index is -0.295. The van der Waals surface area contributed by atoms with Crippen LogP contribution in [0.4, 0.5) is 5.69 Å². The molecule has 0 spiro atoms. The predicted molar refractivity (Wildman–Crippen MR) is 109 cm³/mol. The number of carbonyl (C=O) groups is 1. The van der Waals surface area contributed by atoms with Crippen molar-refractivity contribution in [3.63, 3.8) is 0 Å². The van der Waals surface area contributed by atoms with Gasteiger partial charge in [0.05, 0.1) is 6.10 Å². The first-order valence-corrected chi connectivity index (χ1v) is 9.07. The summed E-state index contributed by atoms with van der Waals surface area (Å²) in [4.78, 5) is 25.0. The molecular weight excluding hydrogens is 364 g/mol. The minimum Gasteiger partial charge on any atom is -0.491 e. The van der Waals surface area contributed by atoms with E-state index in [4.69, 9.17) is 16.3 Å². The topological polar surface area (TPSA) is 60.3 Å². The van der Waals surface area contributed by atoms with Gasteiger partial charge in [-0.25, -0.2) is 0 Å². The summed E-state index contributed by atoms with van der Waals surface area (Å²) < 4.78 is 7.04. The van der Waals surface area contributed by atoms with Crippen LogP contribution in [0.15, 0.2) is 53.5 Å². The Balaban J connectivity index is 1.80. The quantitative estimate of drug-likeness (QED) is 0.709. The van der Waals surface area contributed by atoms with Crippen molar-refractivity contribution in [1.82, 2.24) is 4.57 Å². The number of pyridine rings is 1. The van der Waals surface area contributed by atoms with Crippen LogP contribution in [-0.2, 0) is 11.3 Å². The summed E-state index contributed by atoms with van der Waals surface area (Å²) in [5.41, 5.74) is 1.31. The number of fused-ring (bicyclic) bond motifs is 1. The Kier molecular flexibility index (Phi) is 5.51. The number of rotatable bonds is 5. The molecule has 0 saturated heterocycles. The lowest BCUT2D eigenvalue weighted by Crippen LogP contribution is -2.27. The van der Waals surface area contributed by atoms with Crippen molar-refractivity contribution in [3.8, 4) is 5.75 Å². The SMILES string of the molecule is Cc1ccc(NC(=O)Cn2ccc3cc(OC(C)C)ccc3c2=O)cc1Cl. The molecule has 2 aromatic carbocycles. The van der Waals surface area contributed by atoms with Gasteiger partial charge in [-0.2, -0.15) is 0 Å². The average Bonchev–Trinajstić information content (AvgIpc) is 2.60. The van der Waals surface area contributed by atoms with Crippen LogP contribution >= 0.6 is 11.6 Å². The van der Waals surface area contributed by atoms with Gasteiger partial charge in [0.2, 0.25) is 5.91 Å². The fourth-order valence-electron chi connectivity index (χ4n) is 2.76. The highest BCUT2D eigenvalue weighted by Crippen LogP contribution is 2.21. The van der Waals surface area contributed by atoms with Crippen LogP contribution in [0.25, 0.3) is 10.8 Å². The summed E-state index contributed by atoms with van der Waals surface area (Å²) in [7, 11) is 0. The van der Waals surface area contributed by atoms with Crippen molar-refractivity contribution < 1.29 is 9.53 Å². The number of hydrogen-bond donors (Lipinski definition) is 1. The third-order valence-electron chi connectivity index (χ3n) is 4.09. The van der Waals surface area contributed by atoms with Crippen molar-refractivity contribution in [1.29, 1.82) is 0 Å². The van der Waals surface area contributed by atoms with Gasteiger partial charge in [-0.1, -0.05) is 17.7 Å². The van der Waals surface area contributed by atoms with Crippen LogP contribution in [0.1, 0.15) is 19.4 Å². The summed E-state index contributed by atoms with van der Waals surface area (Å²) in [5, 5.41) is 4.66. The summed E-state index contributed by atoms with van der Waals surface area (Å²) in [5.74, 6) is 0.416. The lowest BCUT2D eigenvalue weighted by molar-refractivity contribution is -0.116. The average molecular weight is 385 g/mol. The molecule has 0 unspecified atom stereocenters. The normalized spacial score (nSPS) is 11.0. The van der Waals surface area contributed by atoms with E-state index in [1.807, 2.05) is 32.9 Å². The Labute approximate surface area is 162 Å². The van der Waals surface area contributed by atoms with Crippen molar-refractivity contribution in [2.45, 2.75) is 33.4 Å². The highest BCUT2D eigenvalue weighted by Gasteiger charge is 2.09. The number of benzene rings is 2. The Morgan fingerprint density at radius 2 is 1.96 bits per heavy atom. The van der Waals surface area contributed by atoms with Gasteiger partial charge in [-0.05, 0) is 68.1 Å². The molecule has 27 heavy (non-hydrogen) atoms. The van der Waals surface area contributed by atoms with Crippen molar-refractivity contribution in [2.24, 2.45) is 0 Å². The molecule has 5 nitrogen and oxygen atoms in total. The van der Waals surface area contributed by atoms with Crippen LogP contribution < -0.4 is 15.6 Å². The number of aryl methyl sites for hydroxylation is 1. The molecule has 1 aromatic heterocycles. The number of nitrogens with zero attached hydrogens (tertiary/aromatic N) is 1. The third-order valence-corrected chi connectivity index (χ3v) is 4.50. The van der Waals surface area contributed by atoms with Gasteiger partial charge in [-0.3, -0.25) is 9.59 Å². The van der Waals surface area contributed by atoms with Crippen LogP contribution in [0.5, 0.6) is 5.75 Å². The molecule has 3 rings (SSSR count). The molecule has 140 valence electrons. The van der Waals surface area contributed by atoms with E-state index in [9.17, 15) is 9.59 Å². The fourth-order valence-corrected chi connectivity index (χ4v) is 2.94. The Morgan fingerprint density at radius 1 is 1.19 bits per heavy atom. The summed E-state index contributed by atoms with van der Waals surface area (Å²) >= 11 is 6.08. The minimum absolute atomic E-state index is 0.0572. The molecule has 1 heterocycles. The van der Waals surface area contributed by atoms with Crippen molar-refractivity contribution >= 4 is 34.0 Å². The van der Waals surface area contributed by atoms with Crippen LogP contribution in [0.3, 0.4) is 0 Å². The number of ether oxygens (including phenoxy) is 1. The van der Waals surface area contributed by atoms with Gasteiger partial charge in [0.15, 0.2) is 0 Å². The molecule has 0 aliphatic heterocycles. The second-order valence-electron chi connectivity index (χ2n) is 6.68. The summed E-state index contributed by atoms with van der Waals surface area (Å²) in [6.07, 6.45) is 1.67. The van der Waals surface area contributed by atoms with Crippen molar-refractivity contribution in [3.05, 3.63) is 69.6 Å². The molecule has 3 aromatic rings. The molecule has 0 atom stereocenters. The van der Waals surface area contributed by atoms with E-state index in [0.717, 1.165) is 10.9 Å². The largest absolute Gasteiger partial charge is 0.491 e. The predicted octanol–water partition coefficient (Wildman–Crippen LogP) is 4.39. The van der Waals surface area contributed by atoms with E-state index in [1.54, 1.807) is 36.5 Å². The van der Waals surface area contributed by atoms with E-state index < -0.39 is 0 Å². The Hall–Kier alpha value is -2.79. The number of aromatic nitrogens is 1. The van der Waals surface area contributed by atoms with Gasteiger partial charge in [-0.15, -0.1) is 0 Å². The molecule has 0 saturated carbocycles. The number of carbonyl (C=O) groups excluding carboxylic acids is 1. The van der Waals surface area contributed by atoms with Crippen molar-refractivity contribution in [2.75, 3.05) is 5.32 Å². The lowest BCUT2D eigenvalue weighted by atomic mass is 10.1. The lowest BCUT2D eigenvalue weighted by Gasteiger charge is -2.12. The first kappa shape index (κ1) is 19.0. The molecule has 0 aliphatic rings. The fraction of sp³-hybridized carbons (Fsp3) is 0.238. The zero-order chi connectivity index (χ0) is 19.6. The standard InChI is InChI=1S/C21H21ClN2O3/c1-13(2)27-17-6-7-18-15(10-17)8-9-24(21(18)26)12-20(25)23-16-5-4-14(3)19(22)11-16/h4-11,13H,12H2,1-3H3,(H,23,25). The number of halogens is 1. The van der Waals surface area contributed by atoms with Gasteiger partial charge in [0.25, 0.3) is 5.56 Å². The first-order chi connectivity index (χ1) is 12.8. The molecule has 1 N–H and O–H groups in total. The molecule has 0 fully saturated rings. The Bertz CT molecular complexity index is 1060. The Morgan fingerprint density at radius 3 is 2.67 bits per heavy atom. The van der Waals surface area contributed by atoms with Crippen LogP contribution in [0.2, 0.25) is 5.02 Å². The zero-order valence-electron chi connectivity index (χ0n) is 15.5. The molecule has 0 radical (unpaired) electrons. The third kappa shape index (κ3) is 4.49. The molecule has 0 bridgehead atoms. The first-order valence-electron chi connectivity index (χ1n) is 8.69. The van der Waals surface area contributed by atoms with E-state index in [-0.39, 0.29) is 24.1 Å². The molecule has 0 aliphatic carbocycles. The molecule has 6 heteroatoms. The van der Waals surface area contributed by atoms with E-state index in [0.29, 0.717) is 21.8 Å². The monoisotopic (exact) mass is 384 g/mol. The number of amides is 1. The second kappa shape index (κ2) is 7.84. The molecular formula is C21H21ClN2O3. The van der Waals surface area contributed by atoms with Gasteiger partial charge in [0, 0.05) is 22.3 Å². The van der Waals surface area contributed by atoms with Crippen LogP contribution in [0, 0.1) is 6.92 Å². The molecule has 1 amide bonds. The zero-order valence-corrected chi connectivity index (χ0v) is 16.2. The van der Waals surface area contributed by atoms with Gasteiger partial charge in [0.1, 0.15) is 12.3 Å². The van der Waals surface area contributed by atoms with E-state index in [1.165, 1.54) is 4.57 Å². The number of anilines is 1. The number of nitrogens with one attached hydrogen (secondary N) is 1. The maximum Gasteiger partial charge on any atom is 0.258 e. The summed E-state index contributed by atoms with van der Waals surface area (Å²) in [6.45, 7) is 5.70. The highest BCUT2D eigenvalue weighted by atomic mass is 35.5. The van der Waals surface area contributed by atoms with E-state index >= 15 is 0 Å². The van der Waals surface area contributed by atoms with E-state index in [2.05, 4.69) is 5.32 Å². The van der Waals surface area contributed by atoms with Gasteiger partial charge < -0.3 is 14.6 Å². The highest BCUT2D eigenvalue weighted by molar-refractivity contribution is 6.31.